The lowest BCUT2D eigenvalue weighted by Crippen LogP contribution is -2.36. The Morgan fingerprint density at radius 1 is 1.54 bits per heavy atom. The van der Waals surface area contributed by atoms with Gasteiger partial charge in [-0.05, 0) is 31.0 Å². The van der Waals surface area contributed by atoms with E-state index in [0.29, 0.717) is 17.7 Å². The number of carbonyl (C=O) groups is 1. The van der Waals surface area contributed by atoms with Gasteiger partial charge in [-0.25, -0.2) is 13.1 Å². The summed E-state index contributed by atoms with van der Waals surface area (Å²) in [5.41, 5.74) is 1.75. The quantitative estimate of drug-likeness (QED) is 0.763. The van der Waals surface area contributed by atoms with Gasteiger partial charge < -0.3 is 14.6 Å². The second-order valence-electron chi connectivity index (χ2n) is 6.53. The van der Waals surface area contributed by atoms with Crippen LogP contribution in [0.5, 0.6) is 5.75 Å². The van der Waals surface area contributed by atoms with E-state index >= 15 is 0 Å². The van der Waals surface area contributed by atoms with Gasteiger partial charge in [-0.1, -0.05) is 12.1 Å². The molecular formula is C19H20N4O4S. The molecule has 0 saturated heterocycles. The first kappa shape index (κ1) is 19.7. The third-order valence-corrected chi connectivity index (χ3v) is 5.94. The molecule has 1 aromatic heterocycles. The standard InChI is InChI=1S/C19H20N4O4S/c1-4-5-15-11-27-18-16(28(25,26)22-15)10-23(3)17(18)19(24)21-14-7-6-12(2)13(8-14)9-20/h4,6-8,10,15,22H,1,5,11H2,2-3H3,(H,21,24). The van der Waals surface area contributed by atoms with Crippen LogP contribution in [0.3, 0.4) is 0 Å². The molecule has 0 fully saturated rings. The maximum atomic E-state index is 12.9. The number of anilines is 1. The normalized spacial score (nSPS) is 17.5. The molecule has 1 aliphatic heterocycles. The predicted octanol–water partition coefficient (Wildman–Crippen LogP) is 2.07. The third-order valence-electron chi connectivity index (χ3n) is 4.42. The van der Waals surface area contributed by atoms with Gasteiger partial charge in [0.1, 0.15) is 11.5 Å². The lowest BCUT2D eigenvalue weighted by atomic mass is 10.1. The predicted molar refractivity (Wildman–Crippen MR) is 104 cm³/mol. The van der Waals surface area contributed by atoms with Crippen molar-refractivity contribution in [2.24, 2.45) is 7.05 Å². The zero-order valence-electron chi connectivity index (χ0n) is 15.5. The van der Waals surface area contributed by atoms with Gasteiger partial charge in [0.05, 0.1) is 17.7 Å². The summed E-state index contributed by atoms with van der Waals surface area (Å²) in [7, 11) is -2.27. The molecule has 2 aromatic rings. The van der Waals surface area contributed by atoms with Gasteiger partial charge >= 0.3 is 0 Å². The Balaban J connectivity index is 1.96. The topological polar surface area (TPSA) is 113 Å². The van der Waals surface area contributed by atoms with E-state index in [0.717, 1.165) is 5.56 Å². The van der Waals surface area contributed by atoms with Gasteiger partial charge in [-0.2, -0.15) is 5.26 Å². The second-order valence-corrected chi connectivity index (χ2v) is 8.21. The van der Waals surface area contributed by atoms with Gasteiger partial charge in [0.2, 0.25) is 10.0 Å². The summed E-state index contributed by atoms with van der Waals surface area (Å²) < 4.78 is 34.9. The summed E-state index contributed by atoms with van der Waals surface area (Å²) in [6.45, 7) is 5.49. The van der Waals surface area contributed by atoms with Crippen LogP contribution in [0.1, 0.15) is 28.0 Å². The van der Waals surface area contributed by atoms with Crippen molar-refractivity contribution in [1.29, 1.82) is 5.26 Å². The number of sulfonamides is 1. The Labute approximate surface area is 163 Å². The molecule has 9 heteroatoms. The highest BCUT2D eigenvalue weighted by atomic mass is 32.2. The Kier molecular flexibility index (Phi) is 5.27. The Bertz CT molecular complexity index is 1100. The van der Waals surface area contributed by atoms with E-state index in [1.807, 2.05) is 0 Å². The zero-order valence-corrected chi connectivity index (χ0v) is 16.3. The number of benzene rings is 1. The minimum atomic E-state index is -3.84. The number of hydrogen-bond donors (Lipinski definition) is 2. The summed E-state index contributed by atoms with van der Waals surface area (Å²) in [5, 5.41) is 11.9. The van der Waals surface area contributed by atoms with E-state index in [1.54, 1.807) is 38.2 Å². The number of nitriles is 1. The number of fused-ring (bicyclic) bond motifs is 1. The summed E-state index contributed by atoms with van der Waals surface area (Å²) >= 11 is 0. The van der Waals surface area contributed by atoms with Crippen LogP contribution in [-0.2, 0) is 17.1 Å². The molecule has 3 rings (SSSR count). The average molecular weight is 400 g/mol. The molecular weight excluding hydrogens is 380 g/mol. The van der Waals surface area contributed by atoms with E-state index in [4.69, 9.17) is 10.00 Å². The summed E-state index contributed by atoms with van der Waals surface area (Å²) in [6, 6.07) is 6.56. The van der Waals surface area contributed by atoms with Crippen molar-refractivity contribution in [2.45, 2.75) is 24.3 Å². The van der Waals surface area contributed by atoms with E-state index in [2.05, 4.69) is 22.7 Å². The first-order chi connectivity index (χ1) is 13.3. The number of aromatic nitrogens is 1. The molecule has 2 heterocycles. The van der Waals surface area contributed by atoms with Crippen LogP contribution in [0.4, 0.5) is 5.69 Å². The van der Waals surface area contributed by atoms with Crippen LogP contribution >= 0.6 is 0 Å². The molecule has 0 radical (unpaired) electrons. The molecule has 0 spiro atoms. The fourth-order valence-electron chi connectivity index (χ4n) is 3.00. The van der Waals surface area contributed by atoms with Crippen LogP contribution in [0.15, 0.2) is 41.9 Å². The number of carbonyl (C=O) groups excluding carboxylic acids is 1. The highest BCUT2D eigenvalue weighted by Gasteiger charge is 2.34. The maximum absolute atomic E-state index is 12.9. The van der Waals surface area contributed by atoms with E-state index in [-0.39, 0.29) is 22.9 Å². The zero-order chi connectivity index (χ0) is 20.5. The third kappa shape index (κ3) is 3.65. The minimum absolute atomic E-state index is 0.00619. The molecule has 1 aliphatic rings. The fraction of sp³-hybridized carbons (Fsp3) is 0.263. The SMILES string of the molecule is C=CCC1COc2c(cn(C)c2C(=O)Nc2ccc(C)c(C#N)c2)S(=O)(=O)N1. The van der Waals surface area contributed by atoms with Crippen LogP contribution in [-0.4, -0.2) is 31.5 Å². The molecule has 1 amide bonds. The van der Waals surface area contributed by atoms with Gasteiger partial charge in [-0.15, -0.1) is 6.58 Å². The summed E-state index contributed by atoms with van der Waals surface area (Å²) in [5.74, 6) is -0.527. The molecule has 0 bridgehead atoms. The van der Waals surface area contributed by atoms with Crippen molar-refractivity contribution in [2.75, 3.05) is 11.9 Å². The maximum Gasteiger partial charge on any atom is 0.276 e. The fourth-order valence-corrected chi connectivity index (χ4v) is 4.43. The van der Waals surface area contributed by atoms with Crippen molar-refractivity contribution >= 4 is 21.6 Å². The second kappa shape index (κ2) is 7.50. The molecule has 2 N–H and O–H groups in total. The van der Waals surface area contributed by atoms with Crippen molar-refractivity contribution in [1.82, 2.24) is 9.29 Å². The average Bonchev–Trinajstić information content (AvgIpc) is 2.92. The smallest absolute Gasteiger partial charge is 0.276 e. The Morgan fingerprint density at radius 2 is 2.29 bits per heavy atom. The lowest BCUT2D eigenvalue weighted by molar-refractivity contribution is 0.101. The van der Waals surface area contributed by atoms with Crippen molar-refractivity contribution in [3.63, 3.8) is 0 Å². The number of rotatable bonds is 4. The summed E-state index contributed by atoms with van der Waals surface area (Å²) in [6.07, 6.45) is 3.35. The summed E-state index contributed by atoms with van der Waals surface area (Å²) in [4.78, 5) is 12.8. The molecule has 1 atom stereocenters. The van der Waals surface area contributed by atoms with E-state index < -0.39 is 22.0 Å². The van der Waals surface area contributed by atoms with Crippen molar-refractivity contribution < 1.29 is 17.9 Å². The molecule has 0 aliphatic carbocycles. The van der Waals surface area contributed by atoms with Crippen LogP contribution in [0.2, 0.25) is 0 Å². The van der Waals surface area contributed by atoms with Gasteiger partial charge in [0.25, 0.3) is 5.91 Å². The van der Waals surface area contributed by atoms with Crippen LogP contribution < -0.4 is 14.8 Å². The first-order valence-corrected chi connectivity index (χ1v) is 10.0. The minimum Gasteiger partial charge on any atom is -0.488 e. The molecule has 8 nitrogen and oxygen atoms in total. The first-order valence-electron chi connectivity index (χ1n) is 8.54. The number of nitrogens with one attached hydrogen (secondary N) is 2. The van der Waals surface area contributed by atoms with Gasteiger partial charge in [0, 0.05) is 18.9 Å². The highest BCUT2D eigenvalue weighted by molar-refractivity contribution is 7.89. The van der Waals surface area contributed by atoms with Gasteiger partial charge in [0.15, 0.2) is 11.4 Å². The number of hydrogen-bond acceptors (Lipinski definition) is 5. The highest BCUT2D eigenvalue weighted by Crippen LogP contribution is 2.33. The molecule has 28 heavy (non-hydrogen) atoms. The Hall–Kier alpha value is -3.09. The van der Waals surface area contributed by atoms with Crippen LogP contribution in [0.25, 0.3) is 0 Å². The van der Waals surface area contributed by atoms with Gasteiger partial charge in [-0.3, -0.25) is 4.79 Å². The molecule has 1 aromatic carbocycles. The van der Waals surface area contributed by atoms with Crippen molar-refractivity contribution in [3.8, 4) is 11.8 Å². The van der Waals surface area contributed by atoms with Crippen molar-refractivity contribution in [3.05, 3.63) is 53.9 Å². The Morgan fingerprint density at radius 3 is 2.96 bits per heavy atom. The molecule has 1 unspecified atom stereocenters. The monoisotopic (exact) mass is 400 g/mol. The molecule has 0 saturated carbocycles. The number of nitrogens with zero attached hydrogens (tertiary/aromatic N) is 2. The van der Waals surface area contributed by atoms with Crippen LogP contribution in [0, 0.1) is 18.3 Å². The lowest BCUT2D eigenvalue weighted by Gasteiger charge is -2.13. The number of aryl methyl sites for hydroxylation is 2. The largest absolute Gasteiger partial charge is 0.488 e. The number of ether oxygens (including phenoxy) is 1. The van der Waals surface area contributed by atoms with E-state index in [9.17, 15) is 13.2 Å². The molecule has 146 valence electrons. The van der Waals surface area contributed by atoms with E-state index in [1.165, 1.54) is 10.8 Å². The number of amides is 1.